The van der Waals surface area contributed by atoms with Crippen molar-refractivity contribution in [2.24, 2.45) is 15.3 Å². The van der Waals surface area contributed by atoms with Crippen molar-refractivity contribution in [2.75, 3.05) is 5.01 Å². The first-order chi connectivity index (χ1) is 13.5. The lowest BCUT2D eigenvalue weighted by Gasteiger charge is -2.08. The summed E-state index contributed by atoms with van der Waals surface area (Å²) in [6, 6.07) is 14.1. The van der Waals surface area contributed by atoms with Gasteiger partial charge in [0.1, 0.15) is 5.69 Å². The highest BCUT2D eigenvalue weighted by Crippen LogP contribution is 2.31. The summed E-state index contributed by atoms with van der Waals surface area (Å²) in [6.45, 7) is 1.75. The van der Waals surface area contributed by atoms with Crippen LogP contribution in [-0.4, -0.2) is 22.6 Å². The summed E-state index contributed by atoms with van der Waals surface area (Å²) in [6.07, 6.45) is 0. The number of hydrogen-bond donors (Lipinski definition) is 0. The third kappa shape index (κ3) is 3.76. The molecule has 0 bridgehead atoms. The van der Waals surface area contributed by atoms with Gasteiger partial charge >= 0.3 is 0 Å². The molecular weight excluding hydrogens is 462 g/mol. The fraction of sp³-hybridized carbons (Fsp3) is 0.105. The van der Waals surface area contributed by atoms with E-state index in [0.717, 1.165) is 15.7 Å². The standard InChI is InChI=1S/C19H13BrClN5OS/c1-11-17(24-23-15-5-3-2-4-14(15)21)18(27)26(25-11)19-22-16(10-28-19)12-6-8-13(20)9-7-12/h2-10,17H,1H3. The highest BCUT2D eigenvalue weighted by molar-refractivity contribution is 9.10. The monoisotopic (exact) mass is 473 g/mol. The SMILES string of the molecule is CC1=NN(c2nc(-c3ccc(Br)cc3)cs2)C(=O)C1N=Nc1ccccc1Cl. The van der Waals surface area contributed by atoms with Crippen LogP contribution < -0.4 is 5.01 Å². The lowest BCUT2D eigenvalue weighted by Crippen LogP contribution is -2.29. The minimum atomic E-state index is -0.781. The van der Waals surface area contributed by atoms with Crippen LogP contribution in [0.15, 0.2) is 73.7 Å². The number of azo groups is 1. The van der Waals surface area contributed by atoms with E-state index >= 15 is 0 Å². The van der Waals surface area contributed by atoms with Gasteiger partial charge in [-0.3, -0.25) is 4.79 Å². The van der Waals surface area contributed by atoms with Gasteiger partial charge in [-0.25, -0.2) is 4.98 Å². The molecule has 0 saturated heterocycles. The van der Waals surface area contributed by atoms with Crippen LogP contribution in [-0.2, 0) is 4.79 Å². The van der Waals surface area contributed by atoms with Crippen LogP contribution in [0.5, 0.6) is 0 Å². The third-order valence-electron chi connectivity index (χ3n) is 4.04. The first-order valence-electron chi connectivity index (χ1n) is 8.29. The van der Waals surface area contributed by atoms with Crippen LogP contribution in [0.3, 0.4) is 0 Å². The maximum absolute atomic E-state index is 12.8. The lowest BCUT2D eigenvalue weighted by atomic mass is 10.2. The van der Waals surface area contributed by atoms with Crippen LogP contribution in [0.1, 0.15) is 6.92 Å². The lowest BCUT2D eigenvalue weighted by molar-refractivity contribution is -0.117. The molecule has 0 fully saturated rings. The first-order valence-corrected chi connectivity index (χ1v) is 10.3. The molecule has 4 rings (SSSR count). The molecule has 0 spiro atoms. The van der Waals surface area contributed by atoms with Crippen LogP contribution in [0.4, 0.5) is 10.8 Å². The maximum atomic E-state index is 12.8. The molecule has 1 aliphatic heterocycles. The Morgan fingerprint density at radius 3 is 2.68 bits per heavy atom. The molecular formula is C19H13BrClN5OS. The topological polar surface area (TPSA) is 70.3 Å². The predicted octanol–water partition coefficient (Wildman–Crippen LogP) is 6.10. The number of amides is 1. The van der Waals surface area contributed by atoms with Crippen molar-refractivity contribution in [3.63, 3.8) is 0 Å². The molecule has 0 saturated carbocycles. The van der Waals surface area contributed by atoms with Crippen molar-refractivity contribution in [1.82, 2.24) is 4.98 Å². The molecule has 3 aromatic rings. The molecule has 1 aromatic heterocycles. The van der Waals surface area contributed by atoms with Gasteiger partial charge in [-0.05, 0) is 31.2 Å². The van der Waals surface area contributed by atoms with Gasteiger partial charge in [0.25, 0.3) is 5.91 Å². The van der Waals surface area contributed by atoms with Crippen LogP contribution >= 0.6 is 38.9 Å². The molecule has 2 aromatic carbocycles. The number of hydrazone groups is 1. The molecule has 0 radical (unpaired) electrons. The molecule has 9 heteroatoms. The average Bonchev–Trinajstić information content (AvgIpc) is 3.27. The van der Waals surface area contributed by atoms with Crippen molar-refractivity contribution < 1.29 is 4.79 Å². The fourth-order valence-electron chi connectivity index (χ4n) is 2.59. The van der Waals surface area contributed by atoms with E-state index in [4.69, 9.17) is 11.6 Å². The van der Waals surface area contributed by atoms with Crippen molar-refractivity contribution in [1.29, 1.82) is 0 Å². The molecule has 0 aliphatic carbocycles. The number of nitrogens with zero attached hydrogens (tertiary/aromatic N) is 5. The van der Waals surface area contributed by atoms with Crippen molar-refractivity contribution >= 4 is 61.3 Å². The summed E-state index contributed by atoms with van der Waals surface area (Å²) in [5, 5.41) is 16.8. The number of halogens is 2. The van der Waals surface area contributed by atoms with Crippen molar-refractivity contribution in [2.45, 2.75) is 13.0 Å². The molecule has 1 unspecified atom stereocenters. The minimum Gasteiger partial charge on any atom is -0.269 e. The number of carbonyl (C=O) groups excluding carboxylic acids is 1. The molecule has 1 amide bonds. The highest BCUT2D eigenvalue weighted by atomic mass is 79.9. The summed E-state index contributed by atoms with van der Waals surface area (Å²) < 4.78 is 0.994. The Morgan fingerprint density at radius 1 is 1.18 bits per heavy atom. The maximum Gasteiger partial charge on any atom is 0.282 e. The van der Waals surface area contributed by atoms with Gasteiger partial charge in [-0.2, -0.15) is 20.3 Å². The molecule has 1 atom stereocenters. The summed E-state index contributed by atoms with van der Waals surface area (Å²) in [5.41, 5.74) is 2.82. The minimum absolute atomic E-state index is 0.287. The number of aromatic nitrogens is 1. The van der Waals surface area contributed by atoms with E-state index in [1.807, 2.05) is 41.8 Å². The Kier molecular flexibility index (Phi) is 5.34. The van der Waals surface area contributed by atoms with Crippen molar-refractivity contribution in [3.8, 4) is 11.3 Å². The van der Waals surface area contributed by atoms with Crippen LogP contribution in [0.25, 0.3) is 11.3 Å². The Morgan fingerprint density at radius 2 is 1.93 bits per heavy atom. The van der Waals surface area contributed by atoms with E-state index in [9.17, 15) is 4.79 Å². The van der Waals surface area contributed by atoms with E-state index < -0.39 is 6.04 Å². The molecule has 28 heavy (non-hydrogen) atoms. The number of thiazole rings is 1. The van der Waals surface area contributed by atoms with Crippen molar-refractivity contribution in [3.05, 3.63) is 63.4 Å². The third-order valence-corrected chi connectivity index (χ3v) is 5.71. The second-order valence-corrected chi connectivity index (χ2v) is 8.14. The smallest absolute Gasteiger partial charge is 0.269 e. The number of anilines is 1. The van der Waals surface area contributed by atoms with E-state index in [1.54, 1.807) is 19.1 Å². The number of hydrogen-bond acceptors (Lipinski definition) is 6. The zero-order valence-corrected chi connectivity index (χ0v) is 17.7. The molecule has 2 heterocycles. The van der Waals surface area contributed by atoms with E-state index in [2.05, 4.69) is 36.2 Å². The van der Waals surface area contributed by atoms with Gasteiger partial charge in [0, 0.05) is 15.4 Å². The average molecular weight is 475 g/mol. The summed E-state index contributed by atoms with van der Waals surface area (Å²) in [7, 11) is 0. The summed E-state index contributed by atoms with van der Waals surface area (Å²) in [4.78, 5) is 17.3. The van der Waals surface area contributed by atoms with Gasteiger partial charge < -0.3 is 0 Å². The quantitative estimate of drug-likeness (QED) is 0.429. The number of rotatable bonds is 4. The van der Waals surface area contributed by atoms with E-state index in [-0.39, 0.29) is 5.91 Å². The molecule has 1 aliphatic rings. The molecule has 0 N–H and O–H groups in total. The summed E-state index contributed by atoms with van der Waals surface area (Å²) >= 11 is 10.9. The van der Waals surface area contributed by atoms with Gasteiger partial charge in [-0.15, -0.1) is 11.3 Å². The van der Waals surface area contributed by atoms with Gasteiger partial charge in [0.15, 0.2) is 6.04 Å². The van der Waals surface area contributed by atoms with Gasteiger partial charge in [-0.1, -0.05) is 51.8 Å². The second kappa shape index (κ2) is 7.90. The zero-order chi connectivity index (χ0) is 19.7. The normalized spacial score (nSPS) is 16.8. The van der Waals surface area contributed by atoms with Crippen LogP contribution in [0, 0.1) is 0 Å². The van der Waals surface area contributed by atoms with E-state index in [0.29, 0.717) is 21.6 Å². The zero-order valence-electron chi connectivity index (χ0n) is 14.6. The largest absolute Gasteiger partial charge is 0.282 e. The second-order valence-electron chi connectivity index (χ2n) is 5.98. The Hall–Kier alpha value is -2.42. The molecule has 140 valence electrons. The molecule has 6 nitrogen and oxygen atoms in total. The summed E-state index contributed by atoms with van der Waals surface area (Å²) in [5.74, 6) is -0.287. The Bertz CT molecular complexity index is 1100. The number of carbonyl (C=O) groups is 1. The van der Waals surface area contributed by atoms with Crippen LogP contribution in [0.2, 0.25) is 5.02 Å². The number of benzene rings is 2. The van der Waals surface area contributed by atoms with Gasteiger partial charge in [0.2, 0.25) is 5.13 Å². The predicted molar refractivity (Wildman–Crippen MR) is 116 cm³/mol. The fourth-order valence-corrected chi connectivity index (χ4v) is 3.82. The first kappa shape index (κ1) is 18.9. The van der Waals surface area contributed by atoms with Gasteiger partial charge in [0.05, 0.1) is 16.4 Å². The van der Waals surface area contributed by atoms with E-state index in [1.165, 1.54) is 16.3 Å². The highest BCUT2D eigenvalue weighted by Gasteiger charge is 2.36. The Balaban J connectivity index is 1.55. The Labute approximate surface area is 178 Å².